The van der Waals surface area contributed by atoms with E-state index in [4.69, 9.17) is 4.98 Å². The molecule has 102 valence electrons. The first-order valence-corrected chi connectivity index (χ1v) is 7.08. The molecule has 1 unspecified atom stereocenters. The smallest absolute Gasteiger partial charge is 0.111 e. The van der Waals surface area contributed by atoms with E-state index in [0.717, 1.165) is 37.3 Å². The van der Waals surface area contributed by atoms with Gasteiger partial charge in [-0.25, -0.2) is 4.98 Å². The minimum absolute atomic E-state index is 0.421. The molecule has 1 N–H and O–H groups in total. The lowest BCUT2D eigenvalue weighted by molar-refractivity contribution is 0.508. The third kappa shape index (κ3) is 3.04. The number of fused-ring (bicyclic) bond motifs is 1. The predicted octanol–water partition coefficient (Wildman–Crippen LogP) is 3.15. The molecule has 0 aliphatic heterocycles. The molecule has 0 spiro atoms. The third-order valence-corrected chi connectivity index (χ3v) is 3.42. The maximum absolute atomic E-state index is 4.78. The van der Waals surface area contributed by atoms with Crippen LogP contribution in [0.4, 0.5) is 0 Å². The molecule has 1 aromatic heterocycles. The number of rotatable bonds is 7. The Bertz CT molecular complexity index is 542. The molecular formula is C16H23N3. The van der Waals surface area contributed by atoms with Gasteiger partial charge in [-0.2, -0.15) is 0 Å². The number of aromatic nitrogens is 2. The zero-order valence-corrected chi connectivity index (χ0v) is 11.9. The van der Waals surface area contributed by atoms with E-state index in [9.17, 15) is 0 Å². The van der Waals surface area contributed by atoms with Crippen molar-refractivity contribution in [1.29, 1.82) is 0 Å². The molecule has 0 saturated carbocycles. The monoisotopic (exact) mass is 257 g/mol. The summed E-state index contributed by atoms with van der Waals surface area (Å²) < 4.78 is 2.31. The summed E-state index contributed by atoms with van der Waals surface area (Å²) in [7, 11) is 0. The number of hydrogen-bond donors (Lipinski definition) is 1. The van der Waals surface area contributed by atoms with E-state index in [-0.39, 0.29) is 0 Å². The molecule has 0 aliphatic carbocycles. The second-order valence-electron chi connectivity index (χ2n) is 4.74. The Balaban J connectivity index is 2.30. The fraction of sp³-hybridized carbons (Fsp3) is 0.438. The highest BCUT2D eigenvalue weighted by Crippen LogP contribution is 2.17. The fourth-order valence-electron chi connectivity index (χ4n) is 2.58. The highest BCUT2D eigenvalue weighted by Gasteiger charge is 2.13. The zero-order chi connectivity index (χ0) is 13.7. The largest absolute Gasteiger partial charge is 0.328 e. The van der Waals surface area contributed by atoms with Gasteiger partial charge in [-0.3, -0.25) is 0 Å². The summed E-state index contributed by atoms with van der Waals surface area (Å²) in [4.78, 5) is 4.78. The van der Waals surface area contributed by atoms with Gasteiger partial charge < -0.3 is 9.88 Å². The predicted molar refractivity (Wildman–Crippen MR) is 81.4 cm³/mol. The molecule has 2 rings (SSSR count). The standard InChI is InChI=1S/C16H23N3/c1-4-9-13(17-5-2)12-16-18-14-10-7-8-11-15(14)19(16)6-3/h4,7-8,10-11,13,17H,1,5-6,9,12H2,2-3H3. The molecule has 1 heterocycles. The van der Waals surface area contributed by atoms with Crippen molar-refractivity contribution in [2.24, 2.45) is 0 Å². The van der Waals surface area contributed by atoms with E-state index in [0.29, 0.717) is 6.04 Å². The zero-order valence-electron chi connectivity index (χ0n) is 11.9. The van der Waals surface area contributed by atoms with Crippen LogP contribution in [-0.4, -0.2) is 22.1 Å². The maximum atomic E-state index is 4.78. The number of likely N-dealkylation sites (N-methyl/N-ethyl adjacent to an activating group) is 1. The first kappa shape index (κ1) is 13.8. The number of imidazole rings is 1. The molecule has 1 aromatic carbocycles. The van der Waals surface area contributed by atoms with Crippen LogP contribution in [0.25, 0.3) is 11.0 Å². The molecule has 3 nitrogen and oxygen atoms in total. The Hall–Kier alpha value is -1.61. The van der Waals surface area contributed by atoms with Gasteiger partial charge in [0.1, 0.15) is 5.82 Å². The Labute approximate surface area is 115 Å². The van der Waals surface area contributed by atoms with Gasteiger partial charge in [0.25, 0.3) is 0 Å². The summed E-state index contributed by atoms with van der Waals surface area (Å²) in [6.07, 6.45) is 3.90. The lowest BCUT2D eigenvalue weighted by Crippen LogP contribution is -2.31. The van der Waals surface area contributed by atoms with Gasteiger partial charge >= 0.3 is 0 Å². The van der Waals surface area contributed by atoms with Crippen molar-refractivity contribution in [3.63, 3.8) is 0 Å². The second-order valence-corrected chi connectivity index (χ2v) is 4.74. The summed E-state index contributed by atoms with van der Waals surface area (Å²) in [5, 5.41) is 3.50. The highest BCUT2D eigenvalue weighted by molar-refractivity contribution is 5.75. The van der Waals surface area contributed by atoms with Gasteiger partial charge in [-0.05, 0) is 32.0 Å². The molecule has 1 atom stereocenters. The summed E-state index contributed by atoms with van der Waals surface area (Å²) in [5.41, 5.74) is 2.32. The normalized spacial score (nSPS) is 12.7. The van der Waals surface area contributed by atoms with Crippen LogP contribution >= 0.6 is 0 Å². The first-order valence-electron chi connectivity index (χ1n) is 7.08. The number of nitrogens with one attached hydrogen (secondary N) is 1. The topological polar surface area (TPSA) is 29.9 Å². The molecule has 0 amide bonds. The van der Waals surface area contributed by atoms with Crippen LogP contribution in [0.1, 0.15) is 26.1 Å². The van der Waals surface area contributed by atoms with Gasteiger partial charge in [0.05, 0.1) is 11.0 Å². The van der Waals surface area contributed by atoms with E-state index in [1.54, 1.807) is 0 Å². The first-order chi connectivity index (χ1) is 9.30. The summed E-state index contributed by atoms with van der Waals surface area (Å²) in [6, 6.07) is 8.77. The summed E-state index contributed by atoms with van der Waals surface area (Å²) in [5.74, 6) is 1.16. The molecule has 0 fully saturated rings. The van der Waals surface area contributed by atoms with Crippen molar-refractivity contribution in [1.82, 2.24) is 14.9 Å². The quantitative estimate of drug-likeness (QED) is 0.772. The van der Waals surface area contributed by atoms with Crippen LogP contribution in [0.5, 0.6) is 0 Å². The molecular weight excluding hydrogens is 234 g/mol. The molecule has 0 saturated heterocycles. The van der Waals surface area contributed by atoms with E-state index in [1.165, 1.54) is 5.52 Å². The van der Waals surface area contributed by atoms with Crippen LogP contribution < -0.4 is 5.32 Å². The molecule has 0 bridgehead atoms. The van der Waals surface area contributed by atoms with Crippen LogP contribution in [0.3, 0.4) is 0 Å². The molecule has 0 radical (unpaired) electrons. The number of nitrogens with zero attached hydrogens (tertiary/aromatic N) is 2. The van der Waals surface area contributed by atoms with Gasteiger partial charge in [0.15, 0.2) is 0 Å². The van der Waals surface area contributed by atoms with Gasteiger partial charge in [0.2, 0.25) is 0 Å². The second kappa shape index (κ2) is 6.53. The van der Waals surface area contributed by atoms with E-state index in [1.807, 2.05) is 12.1 Å². The maximum Gasteiger partial charge on any atom is 0.111 e. The number of hydrogen-bond acceptors (Lipinski definition) is 2. The Morgan fingerprint density at radius 3 is 2.84 bits per heavy atom. The third-order valence-electron chi connectivity index (χ3n) is 3.42. The van der Waals surface area contributed by atoms with Gasteiger partial charge in [-0.1, -0.05) is 25.1 Å². The van der Waals surface area contributed by atoms with Crippen molar-refractivity contribution in [3.05, 3.63) is 42.7 Å². The van der Waals surface area contributed by atoms with Crippen molar-refractivity contribution in [3.8, 4) is 0 Å². The Morgan fingerprint density at radius 2 is 2.16 bits per heavy atom. The van der Waals surface area contributed by atoms with Crippen molar-refractivity contribution >= 4 is 11.0 Å². The number of benzene rings is 1. The highest BCUT2D eigenvalue weighted by atomic mass is 15.1. The number of para-hydroxylation sites is 2. The Kier molecular flexibility index (Phi) is 4.74. The molecule has 2 aromatic rings. The van der Waals surface area contributed by atoms with E-state index < -0.39 is 0 Å². The van der Waals surface area contributed by atoms with Crippen LogP contribution in [0.2, 0.25) is 0 Å². The lowest BCUT2D eigenvalue weighted by Gasteiger charge is -2.16. The van der Waals surface area contributed by atoms with Crippen molar-refractivity contribution in [2.45, 2.75) is 39.3 Å². The van der Waals surface area contributed by atoms with Crippen LogP contribution in [-0.2, 0) is 13.0 Å². The van der Waals surface area contributed by atoms with Crippen molar-refractivity contribution in [2.75, 3.05) is 6.54 Å². The van der Waals surface area contributed by atoms with Gasteiger partial charge in [-0.15, -0.1) is 6.58 Å². The molecule has 19 heavy (non-hydrogen) atoms. The minimum atomic E-state index is 0.421. The SMILES string of the molecule is C=CCC(Cc1nc2ccccc2n1CC)NCC. The van der Waals surface area contributed by atoms with Gasteiger partial charge in [0, 0.05) is 19.0 Å². The lowest BCUT2D eigenvalue weighted by atomic mass is 10.1. The van der Waals surface area contributed by atoms with Crippen LogP contribution in [0.15, 0.2) is 36.9 Å². The summed E-state index contributed by atoms with van der Waals surface area (Å²) >= 11 is 0. The number of aryl methyl sites for hydroxylation is 1. The molecule has 3 heteroatoms. The van der Waals surface area contributed by atoms with E-state index in [2.05, 4.69) is 48.5 Å². The summed E-state index contributed by atoms with van der Waals surface area (Å²) in [6.45, 7) is 10.1. The van der Waals surface area contributed by atoms with Crippen molar-refractivity contribution < 1.29 is 0 Å². The minimum Gasteiger partial charge on any atom is -0.328 e. The van der Waals surface area contributed by atoms with Crippen LogP contribution in [0, 0.1) is 0 Å². The average Bonchev–Trinajstić information content (AvgIpc) is 2.76. The fourth-order valence-corrected chi connectivity index (χ4v) is 2.58. The Morgan fingerprint density at radius 1 is 1.37 bits per heavy atom. The average molecular weight is 257 g/mol. The van der Waals surface area contributed by atoms with E-state index >= 15 is 0 Å². The molecule has 0 aliphatic rings.